The zero-order chi connectivity index (χ0) is 39.7. The number of nitrogens with one attached hydrogen (secondary N) is 2. The Morgan fingerprint density at radius 1 is 0.375 bits per heavy atom. The number of fused-ring (bicyclic) bond motifs is 20. The third-order valence-corrected chi connectivity index (χ3v) is 7.46. The molecular formula is C32H18AlCl3N8O9S3. The smallest absolute Gasteiger partial charge is 0.735 e. The summed E-state index contributed by atoms with van der Waals surface area (Å²) in [6.45, 7) is 0. The van der Waals surface area contributed by atoms with E-state index in [9.17, 15) is 0 Å². The molecule has 0 fully saturated rings. The fraction of sp³-hybridized carbons (Fsp3) is 0. The van der Waals surface area contributed by atoms with E-state index >= 15 is 0 Å². The number of hydrogen-bond acceptors (Lipinski definition) is 15. The quantitative estimate of drug-likeness (QED) is 0.107. The van der Waals surface area contributed by atoms with E-state index in [0.29, 0.717) is 45.9 Å². The third-order valence-electron chi connectivity index (χ3n) is 7.46. The van der Waals surface area contributed by atoms with Gasteiger partial charge in [0.2, 0.25) is 0 Å². The van der Waals surface area contributed by atoms with Crippen LogP contribution in [-0.4, -0.2) is 96.1 Å². The van der Waals surface area contributed by atoms with Gasteiger partial charge in [-0.2, -0.15) is 0 Å². The molecule has 5 heterocycles. The van der Waals surface area contributed by atoms with E-state index in [1.165, 1.54) is 0 Å². The fourth-order valence-corrected chi connectivity index (χ4v) is 5.59. The van der Waals surface area contributed by atoms with E-state index in [0.717, 1.165) is 43.8 Å². The minimum atomic E-state index is -4.44. The Balaban J connectivity index is 0.000000324. The minimum absolute atomic E-state index is 0. The number of rotatable bonds is 0. The van der Waals surface area contributed by atoms with E-state index in [2.05, 4.69) is 42.0 Å². The first-order valence-electron chi connectivity index (χ1n) is 15.0. The fourth-order valence-electron chi connectivity index (χ4n) is 5.59. The van der Waals surface area contributed by atoms with Gasteiger partial charge in [-0.15, -0.1) is 0 Å². The standard InChI is InChI=1S/C32H18N8.Al.3ClHO3S/c1-2-10-18-17(9-1)25-33-26(18)38-28-21-13-5-6-14-22(21)30(35-28)40-32-24-16-8-7-15-23(24)31(36-32)39-29-20-12-4-3-11-19(20)27(34-29)37-25;;3*1-5(2,3)4/h1-16H,(H2,33,34,35,36,37,38,39,40);;3*(H,2,3,4)/q;+3;;;/p-3. The van der Waals surface area contributed by atoms with Crippen molar-refractivity contribution in [2.45, 2.75) is 0 Å². The topological polar surface area (TPSA) is 281 Å². The molecule has 4 aromatic carbocycles. The van der Waals surface area contributed by atoms with Gasteiger partial charge >= 0.3 is 17.4 Å². The number of halogens is 3. The number of H-pyrrole nitrogens is 2. The molecule has 2 aliphatic heterocycles. The number of aromatic nitrogens is 8. The maximum atomic E-state index is 8.84. The van der Waals surface area contributed by atoms with Crippen LogP contribution >= 0.6 is 32.0 Å². The molecular weight excluding hydrogens is 870 g/mol. The van der Waals surface area contributed by atoms with Crippen molar-refractivity contribution in [3.63, 3.8) is 0 Å². The van der Waals surface area contributed by atoms with Crippen molar-refractivity contribution in [1.82, 2.24) is 39.9 Å². The first-order valence-corrected chi connectivity index (χ1v) is 21.7. The molecule has 2 N–H and O–H groups in total. The van der Waals surface area contributed by atoms with Gasteiger partial charge in [-0.3, -0.25) is 0 Å². The second-order valence-electron chi connectivity index (χ2n) is 11.0. The Labute approximate surface area is 340 Å². The molecule has 0 aliphatic carbocycles. The van der Waals surface area contributed by atoms with Gasteiger partial charge in [-0.05, 0) is 0 Å². The van der Waals surface area contributed by atoms with Gasteiger partial charge in [0.15, 0.2) is 51.3 Å². The second-order valence-corrected chi connectivity index (χ2v) is 16.7. The van der Waals surface area contributed by atoms with Crippen LogP contribution in [0, 0.1) is 0 Å². The molecule has 0 unspecified atom stereocenters. The Hall–Kier alpha value is -4.63. The minimum Gasteiger partial charge on any atom is -0.735 e. The molecule has 0 amide bonds. The predicted molar refractivity (Wildman–Crippen MR) is 208 cm³/mol. The molecule has 0 spiro atoms. The average Bonchev–Trinajstić information content (AvgIpc) is 3.82. The van der Waals surface area contributed by atoms with Crippen LogP contribution in [0.3, 0.4) is 0 Å². The summed E-state index contributed by atoms with van der Waals surface area (Å²) in [5.74, 6) is 2.39. The van der Waals surface area contributed by atoms with Crippen molar-refractivity contribution in [2.75, 3.05) is 0 Å². The van der Waals surface area contributed by atoms with E-state index in [1.54, 1.807) is 0 Å². The molecule has 17 nitrogen and oxygen atoms in total. The molecule has 0 atom stereocenters. The number of hydrogen-bond donors (Lipinski definition) is 2. The summed E-state index contributed by atoms with van der Waals surface area (Å²) in [5.41, 5.74) is 6.45. The Kier molecular flexibility index (Phi) is 12.8. The Morgan fingerprint density at radius 2 is 0.554 bits per heavy atom. The summed E-state index contributed by atoms with van der Waals surface area (Å²) in [6, 6.07) is 32.2. The SMILES string of the molecule is O=S(=O)([O-])Cl.O=S(=O)([O-])Cl.O=S(=O)([O-])Cl.[Al+3].c1ccc2c(c1)-c1nc-2nc2[nH]c(nc3nc(nc4[nH]c(n1)c1ccccc41)-c1ccccc1-3)c1ccccc21. The largest absolute Gasteiger partial charge is 3.00 e. The van der Waals surface area contributed by atoms with Gasteiger partial charge in [0.1, 0.15) is 22.6 Å². The van der Waals surface area contributed by atoms with E-state index in [1.807, 2.05) is 97.1 Å². The van der Waals surface area contributed by atoms with Gasteiger partial charge in [0.25, 0.3) is 0 Å². The summed E-state index contributed by atoms with van der Waals surface area (Å²) >= 11 is 0. The maximum absolute atomic E-state index is 8.84. The summed E-state index contributed by atoms with van der Waals surface area (Å²) in [7, 11) is -1.49. The van der Waals surface area contributed by atoms with Gasteiger partial charge in [0.05, 0.1) is 0 Å². The molecule has 7 aromatic rings. The van der Waals surface area contributed by atoms with Crippen molar-refractivity contribution < 1.29 is 38.9 Å². The van der Waals surface area contributed by atoms with Crippen molar-refractivity contribution in [1.29, 1.82) is 0 Å². The van der Waals surface area contributed by atoms with Crippen LogP contribution in [0.2, 0.25) is 0 Å². The van der Waals surface area contributed by atoms with Crippen LogP contribution in [0.4, 0.5) is 0 Å². The van der Waals surface area contributed by atoms with Crippen molar-refractivity contribution in [2.24, 2.45) is 0 Å². The van der Waals surface area contributed by atoms with Crippen molar-refractivity contribution in [3.8, 4) is 45.6 Å². The van der Waals surface area contributed by atoms with E-state index < -0.39 is 28.0 Å². The molecule has 9 rings (SSSR count). The van der Waals surface area contributed by atoms with Gasteiger partial charge in [-0.25, -0.2) is 55.2 Å². The predicted octanol–water partition coefficient (Wildman–Crippen LogP) is 5.54. The number of aromatic amines is 2. The third kappa shape index (κ3) is 10.8. The molecule has 3 aromatic heterocycles. The first kappa shape index (κ1) is 42.5. The molecule has 24 heteroatoms. The monoisotopic (exact) mass is 886 g/mol. The van der Waals surface area contributed by atoms with E-state index in [-0.39, 0.29) is 17.4 Å². The average molecular weight is 888 g/mol. The van der Waals surface area contributed by atoms with Crippen LogP contribution in [0.1, 0.15) is 0 Å². The van der Waals surface area contributed by atoms with Crippen LogP contribution < -0.4 is 0 Å². The Morgan fingerprint density at radius 3 is 0.750 bits per heavy atom. The second kappa shape index (κ2) is 16.8. The zero-order valence-corrected chi connectivity index (χ0v) is 33.4. The Bertz CT molecular complexity index is 2740. The molecule has 0 saturated heterocycles. The number of benzene rings is 4. The van der Waals surface area contributed by atoms with Gasteiger partial charge in [-0.1, -0.05) is 97.1 Å². The van der Waals surface area contributed by atoms with Gasteiger partial charge < -0.3 is 23.6 Å². The molecule has 0 radical (unpaired) electrons. The number of nitrogens with zero attached hydrogens (tertiary/aromatic N) is 6. The van der Waals surface area contributed by atoms with Crippen LogP contribution in [0.5, 0.6) is 0 Å². The zero-order valence-electron chi connectivity index (χ0n) is 27.5. The summed E-state index contributed by atoms with van der Waals surface area (Å²) < 4.78 is 79.6. The summed E-state index contributed by atoms with van der Waals surface area (Å²) in [6.07, 6.45) is 0. The first-order chi connectivity index (χ1) is 25.8. The molecule has 2 aliphatic rings. The molecule has 56 heavy (non-hydrogen) atoms. The summed E-state index contributed by atoms with van der Waals surface area (Å²) in [5, 5.41) is 3.82. The van der Waals surface area contributed by atoms with Gasteiger partial charge in [0, 0.05) is 75.8 Å². The van der Waals surface area contributed by atoms with Crippen LogP contribution in [-0.2, 0) is 28.0 Å². The molecule has 8 bridgehead atoms. The summed E-state index contributed by atoms with van der Waals surface area (Å²) in [4.78, 5) is 36.8. The van der Waals surface area contributed by atoms with E-state index in [4.69, 9.17) is 68.8 Å². The molecule has 282 valence electrons. The van der Waals surface area contributed by atoms with Crippen molar-refractivity contribution >= 4 is 122 Å². The van der Waals surface area contributed by atoms with Crippen molar-refractivity contribution in [3.05, 3.63) is 97.1 Å². The maximum Gasteiger partial charge on any atom is 3.00 e. The normalized spacial score (nSPS) is 11.7. The van der Waals surface area contributed by atoms with Crippen LogP contribution in [0.15, 0.2) is 97.1 Å². The molecule has 0 saturated carbocycles. The van der Waals surface area contributed by atoms with Crippen LogP contribution in [0.25, 0.3) is 89.7 Å².